The average Bonchev–Trinajstić information content (AvgIpc) is 3.35. The maximum atomic E-state index is 13.4. The van der Waals surface area contributed by atoms with Crippen LogP contribution >= 0.6 is 11.6 Å². The SMILES string of the molecule is CCCCc1ccc(-n2nc3cc(Cl)c(NC(=O)c4cc([N+](=O)[O-])ccc4N4CCOCC4)cc3n2)cc1. The predicted molar refractivity (Wildman–Crippen MR) is 147 cm³/mol. The molecule has 1 aliphatic heterocycles. The number of anilines is 2. The highest BCUT2D eigenvalue weighted by atomic mass is 35.5. The third-order valence-corrected chi connectivity index (χ3v) is 6.80. The van der Waals surface area contributed by atoms with Crippen LogP contribution in [0.15, 0.2) is 54.6 Å². The quantitative estimate of drug-likeness (QED) is 0.237. The minimum absolute atomic E-state index is 0.169. The fraction of sp³-hybridized carbons (Fsp3) is 0.296. The summed E-state index contributed by atoms with van der Waals surface area (Å²) in [5, 5.41) is 23.6. The molecule has 1 saturated heterocycles. The number of nitro benzene ring substituents is 1. The van der Waals surface area contributed by atoms with E-state index in [0.29, 0.717) is 48.7 Å². The molecule has 0 atom stereocenters. The molecule has 0 spiro atoms. The van der Waals surface area contributed by atoms with Gasteiger partial charge in [-0.1, -0.05) is 37.1 Å². The first-order valence-corrected chi connectivity index (χ1v) is 12.9. The number of unbranched alkanes of at least 4 members (excludes halogenated alkanes) is 1. The van der Waals surface area contributed by atoms with Gasteiger partial charge in [-0.2, -0.15) is 4.80 Å². The number of nitrogens with one attached hydrogen (secondary N) is 1. The zero-order valence-electron chi connectivity index (χ0n) is 20.9. The van der Waals surface area contributed by atoms with Gasteiger partial charge in [-0.15, -0.1) is 10.2 Å². The molecule has 11 heteroatoms. The van der Waals surface area contributed by atoms with Crippen LogP contribution in [0.1, 0.15) is 35.7 Å². The van der Waals surface area contributed by atoms with Gasteiger partial charge in [0.1, 0.15) is 11.0 Å². The van der Waals surface area contributed by atoms with Gasteiger partial charge in [0.15, 0.2) is 0 Å². The third kappa shape index (κ3) is 5.46. The molecule has 38 heavy (non-hydrogen) atoms. The van der Waals surface area contributed by atoms with Gasteiger partial charge in [0, 0.05) is 25.2 Å². The predicted octanol–water partition coefficient (Wildman–Crippen LogP) is 5.41. The number of morpholine rings is 1. The summed E-state index contributed by atoms with van der Waals surface area (Å²) in [6.07, 6.45) is 3.31. The second-order valence-corrected chi connectivity index (χ2v) is 9.50. The van der Waals surface area contributed by atoms with Gasteiger partial charge in [0.05, 0.1) is 45.8 Å². The van der Waals surface area contributed by atoms with E-state index in [4.69, 9.17) is 16.3 Å². The third-order valence-electron chi connectivity index (χ3n) is 6.49. The Morgan fingerprint density at radius 3 is 2.47 bits per heavy atom. The number of amides is 1. The monoisotopic (exact) mass is 534 g/mol. The fourth-order valence-electron chi connectivity index (χ4n) is 4.42. The Morgan fingerprint density at radius 1 is 1.08 bits per heavy atom. The summed E-state index contributed by atoms with van der Waals surface area (Å²) in [5.41, 5.74) is 4.15. The van der Waals surface area contributed by atoms with Crippen LogP contribution in [0.25, 0.3) is 16.7 Å². The van der Waals surface area contributed by atoms with E-state index >= 15 is 0 Å². The number of aryl methyl sites for hydroxylation is 1. The van der Waals surface area contributed by atoms with E-state index in [1.807, 2.05) is 17.0 Å². The molecule has 2 heterocycles. The number of nitro groups is 1. The lowest BCUT2D eigenvalue weighted by molar-refractivity contribution is -0.384. The molecule has 5 rings (SSSR count). The first kappa shape index (κ1) is 25.6. The Kier molecular flexibility index (Phi) is 7.52. The van der Waals surface area contributed by atoms with Crippen molar-refractivity contribution in [2.24, 2.45) is 0 Å². The molecule has 1 amide bonds. The number of carbonyl (C=O) groups is 1. The highest BCUT2D eigenvalue weighted by Gasteiger charge is 2.23. The Labute approximate surface area is 224 Å². The smallest absolute Gasteiger partial charge is 0.270 e. The van der Waals surface area contributed by atoms with Gasteiger partial charge in [0.2, 0.25) is 0 Å². The molecule has 0 unspecified atom stereocenters. The molecule has 1 aliphatic rings. The van der Waals surface area contributed by atoms with Crippen molar-refractivity contribution < 1.29 is 14.5 Å². The Balaban J connectivity index is 1.42. The zero-order valence-corrected chi connectivity index (χ0v) is 21.6. The van der Waals surface area contributed by atoms with Crippen LogP contribution in [-0.2, 0) is 11.2 Å². The average molecular weight is 535 g/mol. The van der Waals surface area contributed by atoms with Crippen LogP contribution < -0.4 is 10.2 Å². The molecule has 4 aromatic rings. The van der Waals surface area contributed by atoms with Gasteiger partial charge in [-0.05, 0) is 48.7 Å². The number of ether oxygens (including phenoxy) is 1. The van der Waals surface area contributed by atoms with Crippen LogP contribution in [0.3, 0.4) is 0 Å². The maximum absolute atomic E-state index is 13.4. The van der Waals surface area contributed by atoms with E-state index in [1.165, 1.54) is 22.5 Å². The second-order valence-electron chi connectivity index (χ2n) is 9.09. The number of fused-ring (bicyclic) bond motifs is 1. The van der Waals surface area contributed by atoms with Gasteiger partial charge in [0.25, 0.3) is 11.6 Å². The Morgan fingerprint density at radius 2 is 1.79 bits per heavy atom. The normalized spacial score (nSPS) is 13.6. The number of benzene rings is 3. The van der Waals surface area contributed by atoms with E-state index in [0.717, 1.165) is 24.9 Å². The van der Waals surface area contributed by atoms with Crippen molar-refractivity contribution in [2.75, 3.05) is 36.5 Å². The van der Waals surface area contributed by atoms with E-state index in [-0.39, 0.29) is 16.3 Å². The van der Waals surface area contributed by atoms with Crippen molar-refractivity contribution in [3.8, 4) is 5.69 Å². The summed E-state index contributed by atoms with van der Waals surface area (Å²) in [6.45, 7) is 4.35. The lowest BCUT2D eigenvalue weighted by atomic mass is 10.1. The van der Waals surface area contributed by atoms with E-state index < -0.39 is 10.8 Å². The summed E-state index contributed by atoms with van der Waals surface area (Å²) >= 11 is 6.50. The van der Waals surface area contributed by atoms with Crippen molar-refractivity contribution in [3.63, 3.8) is 0 Å². The zero-order chi connectivity index (χ0) is 26.6. The minimum atomic E-state index is -0.520. The van der Waals surface area contributed by atoms with Crippen molar-refractivity contribution in [1.29, 1.82) is 0 Å². The number of hydrogen-bond acceptors (Lipinski definition) is 7. The second kappa shape index (κ2) is 11.2. The molecular formula is C27H27ClN6O4. The summed E-state index contributed by atoms with van der Waals surface area (Å²) in [6, 6.07) is 15.7. The Hall–Kier alpha value is -4.02. The number of halogens is 1. The molecule has 0 aliphatic carbocycles. The largest absolute Gasteiger partial charge is 0.378 e. The number of hydrogen-bond donors (Lipinski definition) is 1. The van der Waals surface area contributed by atoms with Gasteiger partial charge in [-0.25, -0.2) is 0 Å². The van der Waals surface area contributed by atoms with Gasteiger partial charge >= 0.3 is 0 Å². The number of rotatable bonds is 8. The summed E-state index contributed by atoms with van der Waals surface area (Å²) in [7, 11) is 0. The number of non-ortho nitro benzene ring substituents is 1. The van der Waals surface area contributed by atoms with Gasteiger partial charge < -0.3 is 15.0 Å². The molecule has 196 valence electrons. The van der Waals surface area contributed by atoms with Gasteiger partial charge in [-0.3, -0.25) is 14.9 Å². The summed E-state index contributed by atoms with van der Waals surface area (Å²) in [4.78, 5) is 27.8. The van der Waals surface area contributed by atoms with Crippen LogP contribution in [0.2, 0.25) is 5.02 Å². The van der Waals surface area contributed by atoms with E-state index in [2.05, 4.69) is 34.6 Å². The van der Waals surface area contributed by atoms with Crippen LogP contribution in [0.5, 0.6) is 0 Å². The van der Waals surface area contributed by atoms with Crippen LogP contribution in [0.4, 0.5) is 17.1 Å². The number of aromatic nitrogens is 3. The fourth-order valence-corrected chi connectivity index (χ4v) is 4.62. The summed E-state index contributed by atoms with van der Waals surface area (Å²) < 4.78 is 5.41. The standard InChI is InChI=1S/C27H27ClN6O4/c1-2-3-4-18-5-7-19(8-6-18)33-30-24-16-22(28)23(17-25(24)31-33)29-27(35)21-15-20(34(36)37)9-10-26(21)32-11-13-38-14-12-32/h5-10,15-17H,2-4,11-14H2,1H3,(H,29,35). The molecule has 0 saturated carbocycles. The van der Waals surface area contributed by atoms with Crippen molar-refractivity contribution in [2.45, 2.75) is 26.2 Å². The number of carbonyl (C=O) groups excluding carboxylic acids is 1. The molecule has 1 fully saturated rings. The van der Waals surface area contributed by atoms with Crippen molar-refractivity contribution >= 4 is 45.6 Å². The van der Waals surface area contributed by atoms with E-state index in [9.17, 15) is 14.9 Å². The first-order chi connectivity index (χ1) is 18.4. The number of nitrogens with zero attached hydrogens (tertiary/aromatic N) is 5. The van der Waals surface area contributed by atoms with Crippen LogP contribution in [-0.4, -0.2) is 52.1 Å². The molecule has 1 N–H and O–H groups in total. The molecule has 1 aromatic heterocycles. The van der Waals surface area contributed by atoms with E-state index in [1.54, 1.807) is 18.2 Å². The van der Waals surface area contributed by atoms with Crippen LogP contribution in [0, 0.1) is 10.1 Å². The highest BCUT2D eigenvalue weighted by molar-refractivity contribution is 6.34. The molecule has 0 bridgehead atoms. The maximum Gasteiger partial charge on any atom is 0.270 e. The molecule has 3 aromatic carbocycles. The first-order valence-electron chi connectivity index (χ1n) is 12.5. The minimum Gasteiger partial charge on any atom is -0.378 e. The van der Waals surface area contributed by atoms with Crippen molar-refractivity contribution in [3.05, 3.63) is 80.9 Å². The topological polar surface area (TPSA) is 115 Å². The highest BCUT2D eigenvalue weighted by Crippen LogP contribution is 2.31. The lowest BCUT2D eigenvalue weighted by Crippen LogP contribution is -2.37. The van der Waals surface area contributed by atoms with Crippen molar-refractivity contribution in [1.82, 2.24) is 15.0 Å². The molecule has 10 nitrogen and oxygen atoms in total. The molecule has 0 radical (unpaired) electrons. The molecular weight excluding hydrogens is 508 g/mol. The summed E-state index contributed by atoms with van der Waals surface area (Å²) in [5.74, 6) is -0.508. The lowest BCUT2D eigenvalue weighted by Gasteiger charge is -2.30. The Bertz CT molecular complexity index is 1480.